The Morgan fingerprint density at radius 1 is 0.938 bits per heavy atom. The fourth-order valence-electron chi connectivity index (χ4n) is 1.27. The van der Waals surface area contributed by atoms with Crippen LogP contribution in [0.15, 0.2) is 23.8 Å². The first-order chi connectivity index (χ1) is 7.85. The number of unbranched alkanes of at least 4 members (excludes halogenated alkanes) is 3. The van der Waals surface area contributed by atoms with Crippen molar-refractivity contribution in [2.75, 3.05) is 0 Å². The first-order valence-electron chi connectivity index (χ1n) is 7.20. The monoisotopic (exact) mass is 224 g/mol. The number of allylic oxidation sites excluding steroid dienone is 4. The summed E-state index contributed by atoms with van der Waals surface area (Å²) in [5.41, 5.74) is 1.55. The van der Waals surface area contributed by atoms with Gasteiger partial charge in [0.1, 0.15) is 0 Å². The van der Waals surface area contributed by atoms with Gasteiger partial charge >= 0.3 is 0 Å². The largest absolute Gasteiger partial charge is 0.0805 e. The molecule has 0 aliphatic heterocycles. The minimum Gasteiger partial charge on any atom is -0.0805 e. The average Bonchev–Trinajstić information content (AvgIpc) is 2.85. The number of hydrogen-bond acceptors (Lipinski definition) is 0. The highest BCUT2D eigenvalue weighted by molar-refractivity contribution is 5.25. The molecule has 0 heteroatoms. The lowest BCUT2D eigenvalue weighted by atomic mass is 10.1. The molecule has 0 saturated heterocycles. The Hall–Kier alpha value is -0.520. The van der Waals surface area contributed by atoms with Gasteiger partial charge in [0.05, 0.1) is 0 Å². The fraction of sp³-hybridized carbons (Fsp3) is 0.750. The van der Waals surface area contributed by atoms with Crippen molar-refractivity contribution in [1.82, 2.24) is 0 Å². The van der Waals surface area contributed by atoms with Crippen LogP contribution in [-0.2, 0) is 0 Å². The standard InChI is InChI=1S/C10H16.C4H10.C2H6/c1-2-3-4-7-10-8-5-6-9-10;1-3-4-2;1-2/h5,8-9H,2-4,6-7H2,1H3;3-4H2,1-2H3;1-2H3. The van der Waals surface area contributed by atoms with Crippen LogP contribution in [0.3, 0.4) is 0 Å². The Kier molecular flexibility index (Phi) is 18.9. The van der Waals surface area contributed by atoms with Gasteiger partial charge in [-0.3, -0.25) is 0 Å². The summed E-state index contributed by atoms with van der Waals surface area (Å²) in [6.45, 7) is 10.6. The summed E-state index contributed by atoms with van der Waals surface area (Å²) in [6.07, 6.45) is 16.0. The molecule has 0 bridgehead atoms. The van der Waals surface area contributed by atoms with E-state index in [1.165, 1.54) is 44.9 Å². The minimum absolute atomic E-state index is 1.17. The SMILES string of the molecule is CC.CCCC.CCCCCC1=CCC=C1. The van der Waals surface area contributed by atoms with Gasteiger partial charge in [-0.2, -0.15) is 0 Å². The van der Waals surface area contributed by atoms with Gasteiger partial charge in [0.2, 0.25) is 0 Å². The van der Waals surface area contributed by atoms with Crippen molar-refractivity contribution in [2.45, 2.75) is 79.6 Å². The molecule has 0 radical (unpaired) electrons. The average molecular weight is 224 g/mol. The molecular weight excluding hydrogens is 192 g/mol. The Morgan fingerprint density at radius 3 is 1.94 bits per heavy atom. The molecule has 16 heavy (non-hydrogen) atoms. The first kappa shape index (κ1) is 17.9. The van der Waals surface area contributed by atoms with E-state index in [4.69, 9.17) is 0 Å². The van der Waals surface area contributed by atoms with E-state index in [-0.39, 0.29) is 0 Å². The second-order valence-corrected chi connectivity index (χ2v) is 3.87. The Morgan fingerprint density at radius 2 is 1.56 bits per heavy atom. The Labute approximate surface area is 104 Å². The Balaban J connectivity index is 0. The van der Waals surface area contributed by atoms with Gasteiger partial charge in [-0.25, -0.2) is 0 Å². The molecule has 96 valence electrons. The van der Waals surface area contributed by atoms with Crippen LogP contribution in [0.1, 0.15) is 79.6 Å². The molecule has 0 amide bonds. The number of hydrogen-bond donors (Lipinski definition) is 0. The van der Waals surface area contributed by atoms with Crippen LogP contribution < -0.4 is 0 Å². The van der Waals surface area contributed by atoms with Gasteiger partial charge in [0.15, 0.2) is 0 Å². The smallest absolute Gasteiger partial charge is 0.0160 e. The first-order valence-corrected chi connectivity index (χ1v) is 7.20. The van der Waals surface area contributed by atoms with E-state index in [9.17, 15) is 0 Å². The molecule has 0 aromatic rings. The van der Waals surface area contributed by atoms with E-state index < -0.39 is 0 Å². The topological polar surface area (TPSA) is 0 Å². The lowest BCUT2D eigenvalue weighted by molar-refractivity contribution is 0.719. The third kappa shape index (κ3) is 13.5. The molecule has 0 aromatic heterocycles. The van der Waals surface area contributed by atoms with E-state index in [0.29, 0.717) is 0 Å². The van der Waals surface area contributed by atoms with Crippen LogP contribution in [-0.4, -0.2) is 0 Å². The molecule has 0 spiro atoms. The van der Waals surface area contributed by atoms with Crippen LogP contribution in [0.25, 0.3) is 0 Å². The van der Waals surface area contributed by atoms with Gasteiger partial charge in [0, 0.05) is 0 Å². The lowest BCUT2D eigenvalue weighted by Gasteiger charge is -1.96. The molecule has 0 unspecified atom stereocenters. The van der Waals surface area contributed by atoms with Crippen molar-refractivity contribution in [1.29, 1.82) is 0 Å². The van der Waals surface area contributed by atoms with Gasteiger partial charge in [-0.15, -0.1) is 0 Å². The van der Waals surface area contributed by atoms with Crippen LogP contribution in [0, 0.1) is 0 Å². The molecule has 0 N–H and O–H groups in total. The lowest BCUT2D eigenvalue weighted by Crippen LogP contribution is -1.76. The number of rotatable bonds is 5. The minimum atomic E-state index is 1.17. The molecule has 1 aliphatic carbocycles. The highest BCUT2D eigenvalue weighted by Gasteiger charge is 1.95. The zero-order valence-electron chi connectivity index (χ0n) is 12.2. The second-order valence-electron chi connectivity index (χ2n) is 3.87. The van der Waals surface area contributed by atoms with E-state index in [2.05, 4.69) is 39.0 Å². The zero-order chi connectivity index (χ0) is 12.6. The van der Waals surface area contributed by atoms with Crippen molar-refractivity contribution < 1.29 is 0 Å². The van der Waals surface area contributed by atoms with E-state index in [1.807, 2.05) is 13.8 Å². The summed E-state index contributed by atoms with van der Waals surface area (Å²) in [5.74, 6) is 0. The van der Waals surface area contributed by atoms with Crippen molar-refractivity contribution in [3.63, 3.8) is 0 Å². The Bertz CT molecular complexity index is 161. The van der Waals surface area contributed by atoms with Gasteiger partial charge in [0.25, 0.3) is 0 Å². The molecule has 1 rings (SSSR count). The zero-order valence-corrected chi connectivity index (χ0v) is 12.2. The predicted molar refractivity (Wildman–Crippen MR) is 77.9 cm³/mol. The third-order valence-corrected chi connectivity index (χ3v) is 2.42. The normalized spacial score (nSPS) is 12.2. The maximum absolute atomic E-state index is 2.33. The fourth-order valence-corrected chi connectivity index (χ4v) is 1.27. The quantitative estimate of drug-likeness (QED) is 0.482. The molecule has 0 aromatic carbocycles. The van der Waals surface area contributed by atoms with Gasteiger partial charge in [-0.1, -0.05) is 84.1 Å². The molecule has 0 fully saturated rings. The van der Waals surface area contributed by atoms with Crippen molar-refractivity contribution in [3.8, 4) is 0 Å². The second kappa shape index (κ2) is 16.9. The molecular formula is C16H32. The molecule has 0 heterocycles. The molecule has 0 nitrogen and oxygen atoms in total. The van der Waals surface area contributed by atoms with Gasteiger partial charge in [-0.05, 0) is 19.3 Å². The van der Waals surface area contributed by atoms with E-state index in [1.54, 1.807) is 5.57 Å². The van der Waals surface area contributed by atoms with E-state index in [0.717, 1.165) is 0 Å². The van der Waals surface area contributed by atoms with Gasteiger partial charge < -0.3 is 0 Å². The van der Waals surface area contributed by atoms with Crippen LogP contribution >= 0.6 is 0 Å². The molecule has 1 aliphatic rings. The summed E-state index contributed by atoms with van der Waals surface area (Å²) >= 11 is 0. The highest BCUT2D eigenvalue weighted by Crippen LogP contribution is 2.15. The maximum atomic E-state index is 2.33. The summed E-state index contributed by atoms with van der Waals surface area (Å²) in [5, 5.41) is 0. The summed E-state index contributed by atoms with van der Waals surface area (Å²) in [6, 6.07) is 0. The highest BCUT2D eigenvalue weighted by atomic mass is 14.0. The van der Waals surface area contributed by atoms with Crippen molar-refractivity contribution >= 4 is 0 Å². The summed E-state index contributed by atoms with van der Waals surface area (Å²) in [7, 11) is 0. The van der Waals surface area contributed by atoms with Crippen LogP contribution in [0.2, 0.25) is 0 Å². The predicted octanol–water partition coefficient (Wildman–Crippen LogP) is 6.29. The third-order valence-electron chi connectivity index (χ3n) is 2.42. The molecule has 0 saturated carbocycles. The molecule has 0 atom stereocenters. The van der Waals surface area contributed by atoms with Crippen molar-refractivity contribution in [2.24, 2.45) is 0 Å². The van der Waals surface area contributed by atoms with Crippen LogP contribution in [0.4, 0.5) is 0 Å². The van der Waals surface area contributed by atoms with E-state index >= 15 is 0 Å². The summed E-state index contributed by atoms with van der Waals surface area (Å²) < 4.78 is 0. The maximum Gasteiger partial charge on any atom is -0.0160 e. The van der Waals surface area contributed by atoms with Crippen molar-refractivity contribution in [3.05, 3.63) is 23.8 Å². The summed E-state index contributed by atoms with van der Waals surface area (Å²) in [4.78, 5) is 0. The van der Waals surface area contributed by atoms with Crippen LogP contribution in [0.5, 0.6) is 0 Å².